The number of nitrogens with one attached hydrogen (secondary N) is 1. The Morgan fingerprint density at radius 3 is 2.36 bits per heavy atom. The quantitative estimate of drug-likeness (QED) is 0.543. The van der Waals surface area contributed by atoms with Crippen molar-refractivity contribution < 1.29 is 34.4 Å². The molecule has 1 saturated carbocycles. The molecule has 0 bridgehead atoms. The van der Waals surface area contributed by atoms with Crippen LogP contribution in [0.2, 0.25) is 0 Å². The van der Waals surface area contributed by atoms with E-state index in [1.54, 1.807) is 4.90 Å². The normalized spacial score (nSPS) is 22.8. The van der Waals surface area contributed by atoms with Gasteiger partial charge in [-0.05, 0) is 51.3 Å². The van der Waals surface area contributed by atoms with Crippen LogP contribution in [-0.2, 0) is 16.0 Å². The first-order valence-electron chi connectivity index (χ1n) is 10.9. The van der Waals surface area contributed by atoms with E-state index in [2.05, 4.69) is 5.32 Å². The third-order valence-electron chi connectivity index (χ3n) is 5.54. The van der Waals surface area contributed by atoms with Crippen molar-refractivity contribution in [2.75, 3.05) is 14.2 Å². The van der Waals surface area contributed by atoms with Gasteiger partial charge >= 0.3 is 0 Å². The van der Waals surface area contributed by atoms with Crippen LogP contribution in [0.15, 0.2) is 29.7 Å². The third-order valence-corrected chi connectivity index (χ3v) is 5.54. The molecule has 1 aliphatic carbocycles. The summed E-state index contributed by atoms with van der Waals surface area (Å²) < 4.78 is 10.8. The van der Waals surface area contributed by atoms with Gasteiger partial charge in [-0.15, -0.1) is 0 Å². The van der Waals surface area contributed by atoms with Gasteiger partial charge in [0.1, 0.15) is 11.8 Å². The zero-order valence-corrected chi connectivity index (χ0v) is 19.6. The van der Waals surface area contributed by atoms with Crippen LogP contribution in [0.5, 0.6) is 17.2 Å². The minimum absolute atomic E-state index is 0.0105. The molecule has 33 heavy (non-hydrogen) atoms. The van der Waals surface area contributed by atoms with Gasteiger partial charge in [-0.25, -0.2) is 0 Å². The van der Waals surface area contributed by atoms with Crippen molar-refractivity contribution in [3.05, 3.63) is 40.9 Å². The lowest BCUT2D eigenvalue weighted by atomic mass is 9.92. The number of aliphatic hydroxyl groups excluding tert-OH is 2. The van der Waals surface area contributed by atoms with Crippen molar-refractivity contribution >= 4 is 11.8 Å². The van der Waals surface area contributed by atoms with Crippen molar-refractivity contribution in [1.82, 2.24) is 10.2 Å². The third kappa shape index (κ3) is 5.18. The summed E-state index contributed by atoms with van der Waals surface area (Å²) in [5.41, 5.74) is 0.0277. The number of ether oxygens (including phenoxy) is 2. The molecular weight excluding hydrogens is 428 g/mol. The highest BCUT2D eigenvalue weighted by atomic mass is 16.5. The molecule has 0 saturated heterocycles. The van der Waals surface area contributed by atoms with Crippen LogP contribution in [0, 0.1) is 0 Å². The number of carbonyl (C=O) groups is 2. The molecule has 1 heterocycles. The van der Waals surface area contributed by atoms with Gasteiger partial charge < -0.3 is 35.0 Å². The summed E-state index contributed by atoms with van der Waals surface area (Å²) in [6.07, 6.45) is 3.92. The molecule has 2 amide bonds. The largest absolute Gasteiger partial charge is 0.508 e. The highest BCUT2D eigenvalue weighted by Gasteiger charge is 2.43. The Bertz CT molecular complexity index is 1000. The smallest absolute Gasteiger partial charge is 0.247 e. The number of hydrogen-bond donors (Lipinski definition) is 4. The number of nitrogens with zero attached hydrogens (tertiary/aromatic N) is 1. The van der Waals surface area contributed by atoms with E-state index in [1.165, 1.54) is 32.4 Å². The fourth-order valence-corrected chi connectivity index (χ4v) is 3.98. The molecule has 1 aromatic rings. The van der Waals surface area contributed by atoms with Gasteiger partial charge in [0.15, 0.2) is 17.3 Å². The van der Waals surface area contributed by atoms with E-state index >= 15 is 0 Å². The Morgan fingerprint density at radius 2 is 1.82 bits per heavy atom. The molecule has 1 aromatic carbocycles. The molecule has 4 N–H and O–H groups in total. The summed E-state index contributed by atoms with van der Waals surface area (Å²) in [6.45, 7) is 5.52. The van der Waals surface area contributed by atoms with Crippen LogP contribution < -0.4 is 14.8 Å². The number of hydrogen-bond acceptors (Lipinski definition) is 7. The highest BCUT2D eigenvalue weighted by molar-refractivity contribution is 5.91. The molecule has 180 valence electrons. The molecule has 1 fully saturated rings. The number of phenolic OH excluding ortho intramolecular Hbond substituents is 1. The molecular formula is C24H32N2O7. The predicted molar refractivity (Wildman–Crippen MR) is 121 cm³/mol. The number of aliphatic hydroxyl groups is 2. The monoisotopic (exact) mass is 460 g/mol. The van der Waals surface area contributed by atoms with Gasteiger partial charge in [0.2, 0.25) is 17.6 Å². The maximum atomic E-state index is 13.7. The Labute approximate surface area is 193 Å². The van der Waals surface area contributed by atoms with Crippen molar-refractivity contribution in [2.24, 2.45) is 0 Å². The van der Waals surface area contributed by atoms with Gasteiger partial charge in [-0.3, -0.25) is 9.59 Å². The van der Waals surface area contributed by atoms with Crippen LogP contribution in [0.1, 0.15) is 57.2 Å². The van der Waals surface area contributed by atoms with Crippen LogP contribution in [-0.4, -0.2) is 57.8 Å². The van der Waals surface area contributed by atoms with Crippen molar-refractivity contribution in [3.8, 4) is 17.2 Å². The van der Waals surface area contributed by atoms with Gasteiger partial charge in [-0.2, -0.15) is 0 Å². The van der Waals surface area contributed by atoms with Crippen LogP contribution in [0.4, 0.5) is 0 Å². The van der Waals surface area contributed by atoms with Gasteiger partial charge in [-0.1, -0.05) is 6.08 Å². The van der Waals surface area contributed by atoms with E-state index in [-0.39, 0.29) is 47.6 Å². The van der Waals surface area contributed by atoms with Crippen molar-refractivity contribution in [3.63, 3.8) is 0 Å². The van der Waals surface area contributed by atoms with Crippen LogP contribution in [0.25, 0.3) is 0 Å². The maximum absolute atomic E-state index is 13.7. The summed E-state index contributed by atoms with van der Waals surface area (Å²) in [7, 11) is 2.71. The predicted octanol–water partition coefficient (Wildman–Crippen LogP) is 3.19. The zero-order chi connectivity index (χ0) is 24.5. The lowest BCUT2D eigenvalue weighted by Gasteiger charge is -2.35. The standard InChI is InChI=1S/C24H32N2O7/c1-24(2,3)25-23(31)20-14-12-18(32-4)21(30)22(33-5)15(14)11-17(28)16(27)7-6-8-19(29)26(20)13-9-10-13/h6-7,12-13,20,27-28,30H,8-11H2,1-5H3,(H,25,31)/b7-6-,17-16-. The average molecular weight is 461 g/mol. The zero-order valence-electron chi connectivity index (χ0n) is 19.6. The van der Waals surface area contributed by atoms with E-state index in [1.807, 2.05) is 20.8 Å². The Balaban J connectivity index is 2.35. The molecule has 3 rings (SSSR count). The average Bonchev–Trinajstić information content (AvgIpc) is 3.55. The number of rotatable bonds is 4. The summed E-state index contributed by atoms with van der Waals surface area (Å²) in [5.74, 6) is -1.77. The lowest BCUT2D eigenvalue weighted by Crippen LogP contribution is -2.50. The summed E-state index contributed by atoms with van der Waals surface area (Å²) in [5, 5.41) is 34.5. The molecule has 1 aliphatic heterocycles. The van der Waals surface area contributed by atoms with Gasteiger partial charge in [0.05, 0.1) is 14.2 Å². The second kappa shape index (κ2) is 9.25. The Morgan fingerprint density at radius 1 is 1.15 bits per heavy atom. The molecule has 1 unspecified atom stereocenters. The van der Waals surface area contributed by atoms with Gasteiger partial charge in [0.25, 0.3) is 0 Å². The van der Waals surface area contributed by atoms with Crippen LogP contribution >= 0.6 is 0 Å². The van der Waals surface area contributed by atoms with E-state index in [0.29, 0.717) is 5.56 Å². The van der Waals surface area contributed by atoms with E-state index in [4.69, 9.17) is 9.47 Å². The number of benzene rings is 1. The van der Waals surface area contributed by atoms with E-state index in [0.717, 1.165) is 12.8 Å². The highest BCUT2D eigenvalue weighted by Crippen LogP contribution is 2.46. The number of allylic oxidation sites excluding steroid dienone is 2. The van der Waals surface area contributed by atoms with Crippen molar-refractivity contribution in [1.29, 1.82) is 0 Å². The lowest BCUT2D eigenvalue weighted by molar-refractivity contribution is -0.141. The van der Waals surface area contributed by atoms with Crippen molar-refractivity contribution in [2.45, 2.75) is 64.1 Å². The Hall–Kier alpha value is -3.36. The van der Waals surface area contributed by atoms with Gasteiger partial charge in [0, 0.05) is 30.0 Å². The molecule has 0 spiro atoms. The first kappa shape index (κ1) is 24.3. The maximum Gasteiger partial charge on any atom is 0.247 e. The SMILES string of the molecule is COc1cc2c(c(OC)c1O)C/C(O)=C(O)\C=C/CC(=O)N(C1CC1)C2C(=O)NC(C)(C)C. The number of aromatic hydroxyl groups is 1. The first-order valence-corrected chi connectivity index (χ1v) is 10.9. The summed E-state index contributed by atoms with van der Waals surface area (Å²) in [6, 6.07) is 0.290. The number of fused-ring (bicyclic) bond motifs is 1. The topological polar surface area (TPSA) is 129 Å². The van der Waals surface area contributed by atoms with E-state index in [9.17, 15) is 24.9 Å². The summed E-state index contributed by atoms with van der Waals surface area (Å²) in [4.78, 5) is 28.5. The number of amides is 2. The van der Waals surface area contributed by atoms with E-state index < -0.39 is 29.0 Å². The minimum Gasteiger partial charge on any atom is -0.508 e. The van der Waals surface area contributed by atoms with Crippen LogP contribution in [0.3, 0.4) is 0 Å². The molecule has 1 atom stereocenters. The fraction of sp³-hybridized carbons (Fsp3) is 0.500. The molecule has 0 radical (unpaired) electrons. The second-order valence-electron chi connectivity index (χ2n) is 9.32. The molecule has 0 aromatic heterocycles. The molecule has 2 aliphatic rings. The Kier molecular flexibility index (Phi) is 6.81. The minimum atomic E-state index is -1.07. The molecule has 9 heteroatoms. The fourth-order valence-electron chi connectivity index (χ4n) is 3.98. The number of carbonyl (C=O) groups excluding carboxylic acids is 2. The number of methoxy groups -OCH3 is 2. The first-order chi connectivity index (χ1) is 15.5. The molecule has 9 nitrogen and oxygen atoms in total. The number of phenols is 1. The second-order valence-corrected chi connectivity index (χ2v) is 9.32. The summed E-state index contributed by atoms with van der Waals surface area (Å²) >= 11 is 0.